The van der Waals surface area contributed by atoms with Gasteiger partial charge in [0, 0.05) is 18.2 Å². The van der Waals surface area contributed by atoms with Gasteiger partial charge >= 0.3 is 0 Å². The first kappa shape index (κ1) is 10.3. The Morgan fingerprint density at radius 3 is 3.06 bits per heavy atom. The van der Waals surface area contributed by atoms with Crippen LogP contribution in [-0.4, -0.2) is 9.38 Å². The summed E-state index contributed by atoms with van der Waals surface area (Å²) >= 11 is 3.57. The van der Waals surface area contributed by atoms with Gasteiger partial charge in [0.1, 0.15) is 0 Å². The molecular weight excluding hydrogens is 288 g/mol. The third-order valence-corrected chi connectivity index (χ3v) is 4.20. The van der Waals surface area contributed by atoms with Crippen molar-refractivity contribution in [1.82, 2.24) is 9.38 Å². The number of aromatic nitrogens is 2. The lowest BCUT2D eigenvalue weighted by Crippen LogP contribution is -1.91. The molecule has 2 heterocycles. The number of hydrogen-bond acceptors (Lipinski definition) is 1. The summed E-state index contributed by atoms with van der Waals surface area (Å²) in [5.41, 5.74) is 7.41. The number of aryl methyl sites for hydroxylation is 1. The van der Waals surface area contributed by atoms with Crippen LogP contribution >= 0.6 is 15.9 Å². The number of hydrogen-bond donors (Lipinski definition) is 0. The maximum atomic E-state index is 4.79. The molecule has 18 heavy (non-hydrogen) atoms. The van der Waals surface area contributed by atoms with E-state index in [0.717, 1.165) is 22.2 Å². The average molecular weight is 299 g/mol. The summed E-state index contributed by atoms with van der Waals surface area (Å²) in [5.74, 6) is 0. The van der Waals surface area contributed by atoms with E-state index < -0.39 is 0 Å². The smallest absolute Gasteiger partial charge is 0.152 e. The lowest BCUT2D eigenvalue weighted by atomic mass is 10.1. The van der Waals surface area contributed by atoms with Gasteiger partial charge in [-0.3, -0.25) is 0 Å². The van der Waals surface area contributed by atoms with Crippen molar-refractivity contribution in [3.8, 4) is 11.3 Å². The first-order chi connectivity index (χ1) is 8.74. The van der Waals surface area contributed by atoms with E-state index in [2.05, 4.69) is 51.7 Å². The second-order valence-corrected chi connectivity index (χ2v) is 5.65. The maximum Gasteiger partial charge on any atom is 0.152 e. The topological polar surface area (TPSA) is 17.3 Å². The van der Waals surface area contributed by atoms with Crippen LogP contribution in [0.3, 0.4) is 0 Å². The lowest BCUT2D eigenvalue weighted by Gasteiger charge is -2.01. The fourth-order valence-corrected chi connectivity index (χ4v) is 3.15. The molecular formula is C15H11BrN2. The Kier molecular flexibility index (Phi) is 1.98. The number of imidazole rings is 1. The van der Waals surface area contributed by atoms with E-state index in [-0.39, 0.29) is 0 Å². The van der Waals surface area contributed by atoms with Crippen LogP contribution in [0.4, 0.5) is 0 Å². The lowest BCUT2D eigenvalue weighted by molar-refractivity contribution is 1.05. The minimum atomic E-state index is 0.975. The van der Waals surface area contributed by atoms with Gasteiger partial charge in [-0.1, -0.05) is 17.7 Å². The van der Waals surface area contributed by atoms with Crippen LogP contribution in [0.15, 0.2) is 41.0 Å². The third-order valence-electron chi connectivity index (χ3n) is 3.58. The zero-order valence-electron chi connectivity index (χ0n) is 9.94. The number of pyridine rings is 1. The Bertz CT molecular complexity index is 787. The van der Waals surface area contributed by atoms with E-state index in [1.165, 1.54) is 22.4 Å². The summed E-state index contributed by atoms with van der Waals surface area (Å²) in [4.78, 5) is 4.79. The monoisotopic (exact) mass is 298 g/mol. The minimum absolute atomic E-state index is 0.975. The van der Waals surface area contributed by atoms with Gasteiger partial charge in [-0.2, -0.15) is 0 Å². The first-order valence-corrected chi connectivity index (χ1v) is 6.79. The Morgan fingerprint density at radius 1 is 1.28 bits per heavy atom. The molecule has 3 heteroatoms. The molecule has 0 fully saturated rings. The molecule has 0 saturated carbocycles. The van der Waals surface area contributed by atoms with Crippen LogP contribution in [0, 0.1) is 6.92 Å². The van der Waals surface area contributed by atoms with E-state index in [4.69, 9.17) is 4.98 Å². The third kappa shape index (κ3) is 1.25. The molecule has 0 aliphatic heterocycles. The molecule has 0 bridgehead atoms. The van der Waals surface area contributed by atoms with Crippen LogP contribution in [0.25, 0.3) is 16.9 Å². The van der Waals surface area contributed by atoms with Gasteiger partial charge in [-0.15, -0.1) is 0 Å². The van der Waals surface area contributed by atoms with E-state index >= 15 is 0 Å². The van der Waals surface area contributed by atoms with Crippen molar-refractivity contribution in [1.29, 1.82) is 0 Å². The van der Waals surface area contributed by atoms with Gasteiger partial charge in [0.15, 0.2) is 5.65 Å². The van der Waals surface area contributed by atoms with E-state index in [9.17, 15) is 0 Å². The fraction of sp³-hybridized carbons (Fsp3) is 0.133. The summed E-state index contributed by atoms with van der Waals surface area (Å²) in [6.45, 7) is 2.13. The zero-order valence-corrected chi connectivity index (χ0v) is 11.5. The molecule has 0 spiro atoms. The number of fused-ring (bicyclic) bond motifs is 5. The van der Waals surface area contributed by atoms with Crippen LogP contribution in [0.2, 0.25) is 0 Å². The molecule has 0 saturated heterocycles. The number of nitrogens with zero attached hydrogens (tertiary/aromatic N) is 2. The van der Waals surface area contributed by atoms with Gasteiger partial charge < -0.3 is 4.40 Å². The average Bonchev–Trinajstić information content (AvgIpc) is 2.87. The summed E-state index contributed by atoms with van der Waals surface area (Å²) < 4.78 is 3.24. The normalized spacial score (nSPS) is 12.8. The number of benzene rings is 1. The molecule has 0 radical (unpaired) electrons. The highest BCUT2D eigenvalue weighted by Crippen LogP contribution is 2.38. The summed E-state index contributed by atoms with van der Waals surface area (Å²) in [6, 6.07) is 10.7. The van der Waals surface area contributed by atoms with E-state index in [1.807, 2.05) is 12.1 Å². The maximum absolute atomic E-state index is 4.79. The van der Waals surface area contributed by atoms with Gasteiger partial charge in [0.2, 0.25) is 0 Å². The molecule has 2 aromatic heterocycles. The molecule has 0 unspecified atom stereocenters. The highest BCUT2D eigenvalue weighted by atomic mass is 79.9. The largest absolute Gasteiger partial charge is 0.302 e. The molecule has 1 aromatic carbocycles. The molecule has 1 aliphatic carbocycles. The van der Waals surface area contributed by atoms with Crippen molar-refractivity contribution in [3.63, 3.8) is 0 Å². The highest BCUT2D eigenvalue weighted by molar-refractivity contribution is 9.10. The summed E-state index contributed by atoms with van der Waals surface area (Å²) in [5, 5.41) is 0. The van der Waals surface area contributed by atoms with Gasteiger partial charge in [0.05, 0.1) is 15.9 Å². The summed E-state index contributed by atoms with van der Waals surface area (Å²) in [7, 11) is 0. The predicted molar refractivity (Wildman–Crippen MR) is 75.9 cm³/mol. The van der Waals surface area contributed by atoms with E-state index in [1.54, 1.807) is 0 Å². The number of rotatable bonds is 0. The van der Waals surface area contributed by atoms with Crippen LogP contribution in [0.5, 0.6) is 0 Å². The quantitative estimate of drug-likeness (QED) is 0.480. The second-order valence-electron chi connectivity index (χ2n) is 4.79. The highest BCUT2D eigenvalue weighted by Gasteiger charge is 2.24. The molecule has 0 amide bonds. The van der Waals surface area contributed by atoms with Crippen LogP contribution in [-0.2, 0) is 6.42 Å². The molecule has 3 aromatic rings. The van der Waals surface area contributed by atoms with Crippen molar-refractivity contribution < 1.29 is 0 Å². The fourth-order valence-electron chi connectivity index (χ4n) is 2.71. The SMILES string of the molecule is Cc1ccc2c(c1)-c1nc3c(Br)cccn3c1C2. The van der Waals surface area contributed by atoms with Gasteiger partial charge in [-0.05, 0) is 46.6 Å². The van der Waals surface area contributed by atoms with E-state index in [0.29, 0.717) is 0 Å². The number of halogens is 1. The summed E-state index contributed by atoms with van der Waals surface area (Å²) in [6.07, 6.45) is 3.06. The van der Waals surface area contributed by atoms with Crippen LogP contribution in [0.1, 0.15) is 16.8 Å². The molecule has 4 rings (SSSR count). The van der Waals surface area contributed by atoms with Gasteiger partial charge in [0.25, 0.3) is 0 Å². The van der Waals surface area contributed by atoms with Crippen molar-refractivity contribution in [2.24, 2.45) is 0 Å². The van der Waals surface area contributed by atoms with Crippen molar-refractivity contribution >= 4 is 21.6 Å². The predicted octanol–water partition coefficient (Wildman–Crippen LogP) is 3.98. The van der Waals surface area contributed by atoms with Crippen molar-refractivity contribution in [2.75, 3.05) is 0 Å². The Hall–Kier alpha value is -1.61. The Morgan fingerprint density at radius 2 is 2.17 bits per heavy atom. The van der Waals surface area contributed by atoms with Crippen molar-refractivity contribution in [3.05, 3.63) is 57.8 Å². The molecule has 2 nitrogen and oxygen atoms in total. The molecule has 0 atom stereocenters. The standard InChI is InChI=1S/C15H11BrN2/c1-9-4-5-10-8-13-14(11(10)7-9)17-15-12(16)3-2-6-18(13)15/h2-7H,8H2,1H3. The van der Waals surface area contributed by atoms with Gasteiger partial charge in [-0.25, -0.2) is 4.98 Å². The zero-order chi connectivity index (χ0) is 12.3. The molecule has 88 valence electrons. The second kappa shape index (κ2) is 3.45. The Labute approximate surface area is 113 Å². The van der Waals surface area contributed by atoms with Crippen LogP contribution < -0.4 is 0 Å². The van der Waals surface area contributed by atoms with Crippen molar-refractivity contribution in [2.45, 2.75) is 13.3 Å². The first-order valence-electron chi connectivity index (χ1n) is 5.99. The molecule has 1 aliphatic rings. The Balaban J connectivity index is 2.09. The molecule has 0 N–H and O–H groups in total. The minimum Gasteiger partial charge on any atom is -0.302 e.